The third-order valence-corrected chi connectivity index (χ3v) is 8.25. The second kappa shape index (κ2) is 15.7. The van der Waals surface area contributed by atoms with E-state index in [-0.39, 0.29) is 19.1 Å². The van der Waals surface area contributed by atoms with Gasteiger partial charge in [0, 0.05) is 43.2 Å². The van der Waals surface area contributed by atoms with Crippen LogP contribution >= 0.6 is 0 Å². The van der Waals surface area contributed by atoms with E-state index in [0.717, 1.165) is 0 Å². The number of rotatable bonds is 13. The Hall–Kier alpha value is -0.640. The summed E-state index contributed by atoms with van der Waals surface area (Å²) in [6.07, 6.45) is -7.15. The summed E-state index contributed by atoms with van der Waals surface area (Å²) in [4.78, 5) is 0. The van der Waals surface area contributed by atoms with Crippen LogP contribution in [0.4, 0.5) is 0 Å². The highest BCUT2D eigenvalue weighted by atomic mass is 16.7. The van der Waals surface area contributed by atoms with E-state index in [1.165, 1.54) is 0 Å². The Balaban J connectivity index is 1.80. The molecular weight excluding hydrogens is 532 g/mol. The average Bonchev–Trinajstić information content (AvgIpc) is 2.94. The quantitative estimate of drug-likeness (QED) is 0.0959. The lowest BCUT2D eigenvalue weighted by Crippen LogP contribution is -2.69. The van der Waals surface area contributed by atoms with Crippen molar-refractivity contribution in [3.05, 3.63) is 0 Å². The third kappa shape index (κ3) is 8.04. The first-order valence-electron chi connectivity index (χ1n) is 14.0. The van der Waals surface area contributed by atoms with E-state index in [4.69, 9.17) is 42.3 Å². The lowest BCUT2D eigenvalue weighted by Gasteiger charge is -2.51. The predicted molar refractivity (Wildman–Crippen MR) is 141 cm³/mol. The molecule has 0 spiro atoms. The molecule has 2 saturated heterocycles. The number of aliphatic hydroxyl groups excluding tert-OH is 7. The summed E-state index contributed by atoms with van der Waals surface area (Å²) in [5.74, 6) is -0.698. The number of hydrogen-bond acceptors (Lipinski definition) is 16. The summed E-state index contributed by atoms with van der Waals surface area (Å²) < 4.78 is 18.0. The van der Waals surface area contributed by atoms with Crippen LogP contribution in [-0.4, -0.2) is 161 Å². The molecule has 0 aromatic carbocycles. The number of hydrogen-bond donors (Lipinski definition) is 13. The van der Waals surface area contributed by atoms with Crippen LogP contribution in [0.5, 0.6) is 0 Å². The van der Waals surface area contributed by atoms with Crippen LogP contribution < -0.4 is 33.6 Å². The van der Waals surface area contributed by atoms with E-state index in [0.29, 0.717) is 25.9 Å². The average molecular weight is 583 g/mol. The summed E-state index contributed by atoms with van der Waals surface area (Å²) in [7, 11) is 0. The maximum atomic E-state index is 11.7. The van der Waals surface area contributed by atoms with Crippen molar-refractivity contribution in [3.8, 4) is 0 Å². The number of nitrogens with two attached hydrogens (primary N) is 4. The molecule has 40 heavy (non-hydrogen) atoms. The van der Waals surface area contributed by atoms with Gasteiger partial charge in [-0.1, -0.05) is 0 Å². The second-order valence-electron chi connectivity index (χ2n) is 11.3. The SMILES string of the molecule is NC(CO)CNC[C@@H]1CC[C@@H](N)[C@@H](C2[C@@H](N)C[C@@H](NC(CO)CO)[C@H](O[C@H]3O[C@H](CO)[C@@H](O)[C@H](N)[C@H]3O)[C@H]2O)O1. The van der Waals surface area contributed by atoms with Gasteiger partial charge in [0.05, 0.1) is 56.8 Å². The molecule has 14 atom stereocenters. The predicted octanol–water partition coefficient (Wildman–Crippen LogP) is -7.06. The molecule has 236 valence electrons. The van der Waals surface area contributed by atoms with Crippen molar-refractivity contribution in [1.82, 2.24) is 10.6 Å². The highest BCUT2D eigenvalue weighted by molar-refractivity contribution is 5.05. The summed E-state index contributed by atoms with van der Waals surface area (Å²) in [5.41, 5.74) is 24.7. The molecule has 16 nitrogen and oxygen atoms in total. The van der Waals surface area contributed by atoms with Gasteiger partial charge in [-0.15, -0.1) is 0 Å². The number of ether oxygens (including phenoxy) is 3. The van der Waals surface area contributed by atoms with Gasteiger partial charge < -0.3 is 83.5 Å². The third-order valence-electron chi connectivity index (χ3n) is 8.25. The van der Waals surface area contributed by atoms with Gasteiger partial charge in [0.2, 0.25) is 0 Å². The molecule has 2 unspecified atom stereocenters. The van der Waals surface area contributed by atoms with Crippen LogP contribution in [0, 0.1) is 5.92 Å². The Morgan fingerprint density at radius 1 is 0.875 bits per heavy atom. The molecule has 16 heteroatoms. The Bertz CT molecular complexity index is 742. The molecule has 2 aliphatic heterocycles. The largest absolute Gasteiger partial charge is 0.395 e. The zero-order valence-corrected chi connectivity index (χ0v) is 22.7. The molecule has 3 fully saturated rings. The van der Waals surface area contributed by atoms with E-state index < -0.39 is 105 Å². The summed E-state index contributed by atoms with van der Waals surface area (Å²) >= 11 is 0. The van der Waals surface area contributed by atoms with Crippen LogP contribution in [-0.2, 0) is 14.2 Å². The van der Waals surface area contributed by atoms with Crippen molar-refractivity contribution >= 4 is 0 Å². The summed E-state index contributed by atoms with van der Waals surface area (Å²) in [6.45, 7) is -0.670. The standard InChI is InChI=1S/C24H50N6O10/c25-10(6-31)4-29-5-12-1-2-13(26)22(38-12)17-14(27)3-15(30-11(7-32)8-33)23(20(17)36)40-24-21(37)18(28)19(35)16(9-34)39-24/h10-24,29-37H,1-9,25-28H2/t10?,12-,13+,14-,15+,16+,17?,18-,19+,20-,21+,22-,23-,24+/m0/s1. The van der Waals surface area contributed by atoms with Crippen LogP contribution in [0.25, 0.3) is 0 Å². The van der Waals surface area contributed by atoms with Crippen molar-refractivity contribution in [1.29, 1.82) is 0 Å². The van der Waals surface area contributed by atoms with E-state index >= 15 is 0 Å². The zero-order valence-electron chi connectivity index (χ0n) is 22.7. The molecule has 0 aromatic heterocycles. The number of aliphatic hydroxyl groups is 7. The highest BCUT2D eigenvalue weighted by Crippen LogP contribution is 2.36. The first-order chi connectivity index (χ1) is 19.1. The van der Waals surface area contributed by atoms with Gasteiger partial charge in [-0.2, -0.15) is 0 Å². The van der Waals surface area contributed by atoms with Gasteiger partial charge in [-0.05, 0) is 19.3 Å². The van der Waals surface area contributed by atoms with E-state index in [1.54, 1.807) is 0 Å². The van der Waals surface area contributed by atoms with Crippen molar-refractivity contribution in [2.24, 2.45) is 28.9 Å². The second-order valence-corrected chi connectivity index (χ2v) is 11.3. The molecule has 0 aromatic rings. The fourth-order valence-corrected chi connectivity index (χ4v) is 5.87. The Labute approximate surface area is 233 Å². The first-order valence-corrected chi connectivity index (χ1v) is 14.0. The fourth-order valence-electron chi connectivity index (χ4n) is 5.87. The minimum atomic E-state index is -1.49. The monoisotopic (exact) mass is 582 g/mol. The molecule has 17 N–H and O–H groups in total. The lowest BCUT2D eigenvalue weighted by atomic mass is 9.72. The minimum Gasteiger partial charge on any atom is -0.395 e. The van der Waals surface area contributed by atoms with E-state index in [9.17, 15) is 30.6 Å². The Kier molecular flexibility index (Phi) is 13.3. The van der Waals surface area contributed by atoms with Crippen LogP contribution in [0.2, 0.25) is 0 Å². The van der Waals surface area contributed by atoms with Crippen LogP contribution in [0.1, 0.15) is 19.3 Å². The van der Waals surface area contributed by atoms with Gasteiger partial charge in [0.25, 0.3) is 0 Å². The van der Waals surface area contributed by atoms with Gasteiger partial charge in [-0.25, -0.2) is 0 Å². The zero-order chi connectivity index (χ0) is 29.6. The molecule has 1 aliphatic carbocycles. The first kappa shape index (κ1) is 33.9. The van der Waals surface area contributed by atoms with Gasteiger partial charge in [0.15, 0.2) is 6.29 Å². The molecule has 0 bridgehead atoms. The highest BCUT2D eigenvalue weighted by Gasteiger charge is 2.52. The molecule has 2 heterocycles. The van der Waals surface area contributed by atoms with Crippen molar-refractivity contribution in [2.45, 2.75) is 105 Å². The van der Waals surface area contributed by atoms with Gasteiger partial charge in [-0.3, -0.25) is 0 Å². The maximum absolute atomic E-state index is 11.7. The molecular formula is C24H50N6O10. The topological polar surface area (TPSA) is 297 Å². The van der Waals surface area contributed by atoms with E-state index in [1.807, 2.05) is 0 Å². The Morgan fingerprint density at radius 2 is 1.57 bits per heavy atom. The van der Waals surface area contributed by atoms with Gasteiger partial charge in [0.1, 0.15) is 24.4 Å². The van der Waals surface area contributed by atoms with Gasteiger partial charge >= 0.3 is 0 Å². The lowest BCUT2D eigenvalue weighted by molar-refractivity contribution is -0.306. The van der Waals surface area contributed by atoms with E-state index in [2.05, 4.69) is 10.6 Å². The minimum absolute atomic E-state index is 0.151. The maximum Gasteiger partial charge on any atom is 0.186 e. The normalized spacial score (nSPS) is 43.6. The van der Waals surface area contributed by atoms with Crippen molar-refractivity contribution in [2.75, 3.05) is 39.5 Å². The molecule has 3 rings (SSSR count). The number of nitrogens with one attached hydrogen (secondary N) is 2. The Morgan fingerprint density at radius 3 is 2.20 bits per heavy atom. The van der Waals surface area contributed by atoms with Crippen molar-refractivity contribution < 1.29 is 50.0 Å². The van der Waals surface area contributed by atoms with Crippen LogP contribution in [0.15, 0.2) is 0 Å². The molecule has 0 radical (unpaired) electrons. The molecule has 3 aliphatic rings. The molecule has 0 amide bonds. The fraction of sp³-hybridized carbons (Fsp3) is 1.00. The van der Waals surface area contributed by atoms with Crippen molar-refractivity contribution in [3.63, 3.8) is 0 Å². The summed E-state index contributed by atoms with van der Waals surface area (Å²) in [6, 6.07) is -4.10. The summed E-state index contributed by atoms with van der Waals surface area (Å²) in [5, 5.41) is 76.9. The van der Waals surface area contributed by atoms with Crippen LogP contribution in [0.3, 0.4) is 0 Å². The molecule has 1 saturated carbocycles. The smallest absolute Gasteiger partial charge is 0.186 e.